The van der Waals surface area contributed by atoms with Gasteiger partial charge in [0.1, 0.15) is 0 Å². The molecule has 1 aliphatic rings. The van der Waals surface area contributed by atoms with Gasteiger partial charge in [-0.15, -0.1) is 11.8 Å². The predicted molar refractivity (Wildman–Crippen MR) is 77.1 cm³/mol. The Labute approximate surface area is 117 Å². The molecule has 0 spiro atoms. The molecule has 2 rings (SSSR count). The van der Waals surface area contributed by atoms with Crippen molar-refractivity contribution in [3.8, 4) is 0 Å². The highest BCUT2D eigenvalue weighted by Crippen LogP contribution is 2.31. The van der Waals surface area contributed by atoms with E-state index in [0.717, 1.165) is 5.75 Å². The van der Waals surface area contributed by atoms with Crippen LogP contribution in [0.3, 0.4) is 0 Å². The molecular weight excluding hydrogens is 273 g/mol. The maximum absolute atomic E-state index is 6.05. The highest BCUT2D eigenvalue weighted by atomic mass is 35.5. The standard InChI is InChI=1S/C13H17Cl2NS/c14-11-5-4-10(8-12(11)15)17-7-6-9-2-1-3-13(9)16/h4-5,8-9,13H,1-3,6-7,16H2. The van der Waals surface area contributed by atoms with E-state index >= 15 is 0 Å². The van der Waals surface area contributed by atoms with Crippen LogP contribution in [0.25, 0.3) is 0 Å². The van der Waals surface area contributed by atoms with Gasteiger partial charge in [-0.2, -0.15) is 0 Å². The van der Waals surface area contributed by atoms with Crippen LogP contribution in [0.1, 0.15) is 25.7 Å². The SMILES string of the molecule is NC1CCCC1CCSc1ccc(Cl)c(Cl)c1. The van der Waals surface area contributed by atoms with Crippen LogP contribution in [0.2, 0.25) is 10.0 Å². The lowest BCUT2D eigenvalue weighted by molar-refractivity contribution is 0.470. The van der Waals surface area contributed by atoms with Crippen molar-refractivity contribution in [2.24, 2.45) is 11.7 Å². The summed E-state index contributed by atoms with van der Waals surface area (Å²) in [5, 5.41) is 1.25. The van der Waals surface area contributed by atoms with Gasteiger partial charge in [-0.05, 0) is 49.1 Å². The van der Waals surface area contributed by atoms with E-state index in [9.17, 15) is 0 Å². The quantitative estimate of drug-likeness (QED) is 0.820. The Hall–Kier alpha value is 0.110. The fourth-order valence-electron chi connectivity index (χ4n) is 2.32. The van der Waals surface area contributed by atoms with Crippen molar-refractivity contribution in [2.75, 3.05) is 5.75 Å². The van der Waals surface area contributed by atoms with Crippen molar-refractivity contribution in [3.05, 3.63) is 28.2 Å². The summed E-state index contributed by atoms with van der Waals surface area (Å²) in [5.41, 5.74) is 6.05. The lowest BCUT2D eigenvalue weighted by Crippen LogP contribution is -2.24. The lowest BCUT2D eigenvalue weighted by atomic mass is 10.0. The van der Waals surface area contributed by atoms with Gasteiger partial charge in [-0.3, -0.25) is 0 Å². The van der Waals surface area contributed by atoms with Gasteiger partial charge in [0.25, 0.3) is 0 Å². The van der Waals surface area contributed by atoms with E-state index in [0.29, 0.717) is 22.0 Å². The zero-order valence-electron chi connectivity index (χ0n) is 9.66. The van der Waals surface area contributed by atoms with Gasteiger partial charge >= 0.3 is 0 Å². The van der Waals surface area contributed by atoms with Crippen molar-refractivity contribution in [3.63, 3.8) is 0 Å². The fourth-order valence-corrected chi connectivity index (χ4v) is 3.70. The molecule has 0 saturated heterocycles. The smallest absolute Gasteiger partial charge is 0.0603 e. The third-order valence-electron chi connectivity index (χ3n) is 3.37. The van der Waals surface area contributed by atoms with Gasteiger partial charge in [0.15, 0.2) is 0 Å². The highest BCUT2D eigenvalue weighted by molar-refractivity contribution is 7.99. The van der Waals surface area contributed by atoms with E-state index in [4.69, 9.17) is 28.9 Å². The third kappa shape index (κ3) is 3.78. The molecule has 1 aromatic rings. The molecule has 1 nitrogen and oxygen atoms in total. The molecule has 17 heavy (non-hydrogen) atoms. The Morgan fingerprint density at radius 3 is 2.71 bits per heavy atom. The first-order valence-corrected chi connectivity index (χ1v) is 7.74. The van der Waals surface area contributed by atoms with E-state index in [1.807, 2.05) is 30.0 Å². The number of rotatable bonds is 4. The van der Waals surface area contributed by atoms with Crippen LogP contribution in [0.5, 0.6) is 0 Å². The molecule has 1 aromatic carbocycles. The highest BCUT2D eigenvalue weighted by Gasteiger charge is 2.23. The molecular formula is C13H17Cl2NS. The van der Waals surface area contributed by atoms with Crippen molar-refractivity contribution < 1.29 is 0 Å². The molecule has 2 atom stereocenters. The van der Waals surface area contributed by atoms with Crippen LogP contribution in [0.15, 0.2) is 23.1 Å². The van der Waals surface area contributed by atoms with Gasteiger partial charge in [0.2, 0.25) is 0 Å². The Morgan fingerprint density at radius 2 is 2.06 bits per heavy atom. The van der Waals surface area contributed by atoms with E-state index in [-0.39, 0.29) is 0 Å². The number of nitrogens with two attached hydrogens (primary N) is 1. The van der Waals surface area contributed by atoms with Crippen LogP contribution < -0.4 is 5.73 Å². The second-order valence-corrected chi connectivity index (χ2v) is 6.55. The Bertz CT molecular complexity index is 384. The van der Waals surface area contributed by atoms with Crippen molar-refractivity contribution in [1.29, 1.82) is 0 Å². The molecule has 1 fully saturated rings. The Kier molecular flexibility index (Phi) is 5.04. The Morgan fingerprint density at radius 1 is 1.24 bits per heavy atom. The maximum atomic E-state index is 6.05. The third-order valence-corrected chi connectivity index (χ3v) is 5.13. The molecule has 0 aliphatic heterocycles. The molecule has 4 heteroatoms. The number of hydrogen-bond donors (Lipinski definition) is 1. The zero-order valence-corrected chi connectivity index (χ0v) is 12.0. The monoisotopic (exact) mass is 289 g/mol. The van der Waals surface area contributed by atoms with E-state index < -0.39 is 0 Å². The van der Waals surface area contributed by atoms with Gasteiger partial charge in [-0.1, -0.05) is 29.6 Å². The first-order chi connectivity index (χ1) is 8.16. The summed E-state index contributed by atoms with van der Waals surface area (Å²) >= 11 is 13.7. The van der Waals surface area contributed by atoms with Crippen molar-refractivity contribution in [2.45, 2.75) is 36.6 Å². The largest absolute Gasteiger partial charge is 0.327 e. The molecule has 1 aliphatic carbocycles. The van der Waals surface area contributed by atoms with Crippen LogP contribution >= 0.6 is 35.0 Å². The number of benzene rings is 1. The molecule has 0 bridgehead atoms. The average molecular weight is 290 g/mol. The molecule has 0 amide bonds. The fraction of sp³-hybridized carbons (Fsp3) is 0.538. The Balaban J connectivity index is 1.79. The van der Waals surface area contributed by atoms with Crippen molar-refractivity contribution >= 4 is 35.0 Å². The van der Waals surface area contributed by atoms with Crippen LogP contribution in [0.4, 0.5) is 0 Å². The summed E-state index contributed by atoms with van der Waals surface area (Å²) in [4.78, 5) is 1.19. The minimum absolute atomic E-state index is 0.421. The summed E-state index contributed by atoms with van der Waals surface area (Å²) in [7, 11) is 0. The summed E-state index contributed by atoms with van der Waals surface area (Å²) in [6, 6.07) is 6.23. The van der Waals surface area contributed by atoms with Gasteiger partial charge in [0, 0.05) is 10.9 Å². The molecule has 1 saturated carbocycles. The topological polar surface area (TPSA) is 26.0 Å². The lowest BCUT2D eigenvalue weighted by Gasteiger charge is -2.14. The first kappa shape index (κ1) is 13.5. The normalized spacial score (nSPS) is 24.2. The molecule has 94 valence electrons. The number of thioether (sulfide) groups is 1. The van der Waals surface area contributed by atoms with Crippen molar-refractivity contribution in [1.82, 2.24) is 0 Å². The van der Waals surface area contributed by atoms with E-state index in [1.165, 1.54) is 30.6 Å². The van der Waals surface area contributed by atoms with Crippen LogP contribution in [-0.2, 0) is 0 Å². The summed E-state index contributed by atoms with van der Waals surface area (Å²) < 4.78 is 0. The molecule has 0 heterocycles. The molecule has 2 unspecified atom stereocenters. The molecule has 0 aromatic heterocycles. The van der Waals surface area contributed by atoms with E-state index in [2.05, 4.69) is 0 Å². The summed E-state index contributed by atoms with van der Waals surface area (Å²) in [6.07, 6.45) is 4.99. The first-order valence-electron chi connectivity index (χ1n) is 6.00. The minimum Gasteiger partial charge on any atom is -0.327 e. The maximum Gasteiger partial charge on any atom is 0.0603 e. The average Bonchev–Trinajstić information content (AvgIpc) is 2.70. The number of halogens is 2. The molecule has 0 radical (unpaired) electrons. The van der Waals surface area contributed by atoms with Gasteiger partial charge in [0.05, 0.1) is 10.0 Å². The van der Waals surface area contributed by atoms with Crippen LogP contribution in [0, 0.1) is 5.92 Å². The second kappa shape index (κ2) is 6.33. The second-order valence-electron chi connectivity index (χ2n) is 4.57. The van der Waals surface area contributed by atoms with E-state index in [1.54, 1.807) is 0 Å². The van der Waals surface area contributed by atoms with Crippen LogP contribution in [-0.4, -0.2) is 11.8 Å². The van der Waals surface area contributed by atoms with Gasteiger partial charge < -0.3 is 5.73 Å². The van der Waals surface area contributed by atoms with Gasteiger partial charge in [-0.25, -0.2) is 0 Å². The molecule has 2 N–H and O–H groups in total. The minimum atomic E-state index is 0.421. The number of hydrogen-bond acceptors (Lipinski definition) is 2. The summed E-state index contributed by atoms with van der Waals surface area (Å²) in [5.74, 6) is 1.82. The predicted octanol–water partition coefficient (Wildman–Crippen LogP) is 4.60. The zero-order chi connectivity index (χ0) is 12.3. The summed E-state index contributed by atoms with van der Waals surface area (Å²) in [6.45, 7) is 0.